The first-order chi connectivity index (χ1) is 6.36. The van der Waals surface area contributed by atoms with Crippen LogP contribution < -0.4 is 10.1 Å². The van der Waals surface area contributed by atoms with E-state index in [1.807, 2.05) is 13.0 Å². The molecule has 0 atom stereocenters. The van der Waals surface area contributed by atoms with Crippen molar-refractivity contribution in [3.63, 3.8) is 0 Å². The molecule has 0 aliphatic rings. The lowest BCUT2D eigenvalue weighted by Gasteiger charge is -2.03. The average Bonchev–Trinajstić information content (AvgIpc) is 2.16. The van der Waals surface area contributed by atoms with E-state index in [1.54, 1.807) is 12.3 Å². The normalized spacial score (nSPS) is 9.31. The standard InChI is InChI=1S/C9H12N2O2/c1-2-13-9-5-8(3-4-11-9)6-10-7-12/h3-5,7H,2,6H2,1H3,(H,10,12). The third-order valence-corrected chi connectivity index (χ3v) is 1.48. The van der Waals surface area contributed by atoms with Crippen molar-refractivity contribution in [2.45, 2.75) is 13.5 Å². The fraction of sp³-hybridized carbons (Fsp3) is 0.333. The second-order valence-electron chi connectivity index (χ2n) is 2.43. The minimum absolute atomic E-state index is 0.506. The Labute approximate surface area is 76.9 Å². The van der Waals surface area contributed by atoms with Crippen LogP contribution in [0.2, 0.25) is 0 Å². The maximum atomic E-state index is 10.0. The number of rotatable bonds is 5. The van der Waals surface area contributed by atoms with Gasteiger partial charge in [0.25, 0.3) is 0 Å². The molecule has 0 aliphatic carbocycles. The van der Waals surface area contributed by atoms with Crippen molar-refractivity contribution in [2.24, 2.45) is 0 Å². The van der Waals surface area contributed by atoms with E-state index < -0.39 is 0 Å². The van der Waals surface area contributed by atoms with E-state index in [4.69, 9.17) is 4.74 Å². The van der Waals surface area contributed by atoms with Crippen molar-refractivity contribution < 1.29 is 9.53 Å². The van der Waals surface area contributed by atoms with Gasteiger partial charge in [-0.25, -0.2) is 4.98 Å². The van der Waals surface area contributed by atoms with Crippen LogP contribution in [0.1, 0.15) is 12.5 Å². The Balaban J connectivity index is 2.61. The molecule has 0 aromatic carbocycles. The molecule has 1 N–H and O–H groups in total. The molecule has 1 rings (SSSR count). The van der Waals surface area contributed by atoms with Gasteiger partial charge in [-0.1, -0.05) is 0 Å². The van der Waals surface area contributed by atoms with Crippen molar-refractivity contribution >= 4 is 6.41 Å². The molecule has 0 radical (unpaired) electrons. The molecule has 0 fully saturated rings. The number of ether oxygens (including phenoxy) is 1. The van der Waals surface area contributed by atoms with Crippen molar-refractivity contribution in [3.05, 3.63) is 23.9 Å². The van der Waals surface area contributed by atoms with Crippen LogP contribution in [0.3, 0.4) is 0 Å². The number of hydrogen-bond donors (Lipinski definition) is 1. The zero-order valence-electron chi connectivity index (χ0n) is 7.49. The fourth-order valence-electron chi connectivity index (χ4n) is 0.947. The van der Waals surface area contributed by atoms with Crippen LogP contribution in [0.25, 0.3) is 0 Å². The van der Waals surface area contributed by atoms with Crippen LogP contribution in [-0.4, -0.2) is 18.0 Å². The number of amides is 1. The first kappa shape index (κ1) is 9.51. The van der Waals surface area contributed by atoms with Gasteiger partial charge >= 0.3 is 0 Å². The van der Waals surface area contributed by atoms with Gasteiger partial charge in [0, 0.05) is 18.8 Å². The highest BCUT2D eigenvalue weighted by atomic mass is 16.5. The molecule has 0 unspecified atom stereocenters. The molecule has 0 bridgehead atoms. The largest absolute Gasteiger partial charge is 0.478 e. The van der Waals surface area contributed by atoms with Crippen molar-refractivity contribution in [1.82, 2.24) is 10.3 Å². The molecule has 1 aromatic rings. The third kappa shape index (κ3) is 3.11. The number of nitrogens with one attached hydrogen (secondary N) is 1. The molecule has 0 aliphatic heterocycles. The van der Waals surface area contributed by atoms with E-state index >= 15 is 0 Å². The van der Waals surface area contributed by atoms with Crippen molar-refractivity contribution in [2.75, 3.05) is 6.61 Å². The summed E-state index contributed by atoms with van der Waals surface area (Å²) in [4.78, 5) is 14.0. The quantitative estimate of drug-likeness (QED) is 0.679. The maximum absolute atomic E-state index is 10.0. The number of carbonyl (C=O) groups is 1. The van der Waals surface area contributed by atoms with Crippen molar-refractivity contribution in [3.8, 4) is 5.88 Å². The van der Waals surface area contributed by atoms with Crippen LogP contribution in [0.4, 0.5) is 0 Å². The summed E-state index contributed by atoms with van der Waals surface area (Å²) in [5.74, 6) is 0.590. The molecule has 4 nitrogen and oxygen atoms in total. The number of pyridine rings is 1. The Morgan fingerprint density at radius 1 is 1.69 bits per heavy atom. The monoisotopic (exact) mass is 180 g/mol. The predicted octanol–water partition coefficient (Wildman–Crippen LogP) is 0.726. The van der Waals surface area contributed by atoms with E-state index in [-0.39, 0.29) is 0 Å². The van der Waals surface area contributed by atoms with Gasteiger partial charge in [-0.05, 0) is 18.6 Å². The molecule has 0 saturated heterocycles. The smallest absolute Gasteiger partial charge is 0.213 e. The third-order valence-electron chi connectivity index (χ3n) is 1.48. The van der Waals surface area contributed by atoms with Gasteiger partial charge in [0.1, 0.15) is 0 Å². The highest BCUT2D eigenvalue weighted by Gasteiger charge is 1.96. The summed E-state index contributed by atoms with van der Waals surface area (Å²) in [7, 11) is 0. The summed E-state index contributed by atoms with van der Waals surface area (Å²) in [5.41, 5.74) is 0.977. The molecular weight excluding hydrogens is 168 g/mol. The van der Waals surface area contributed by atoms with Gasteiger partial charge in [-0.3, -0.25) is 4.79 Å². The summed E-state index contributed by atoms with van der Waals surface area (Å²) in [6, 6.07) is 3.64. The average molecular weight is 180 g/mol. The molecule has 1 heterocycles. The number of carbonyl (C=O) groups excluding carboxylic acids is 1. The van der Waals surface area contributed by atoms with Crippen LogP contribution in [0, 0.1) is 0 Å². The predicted molar refractivity (Wildman–Crippen MR) is 48.3 cm³/mol. The first-order valence-electron chi connectivity index (χ1n) is 4.11. The van der Waals surface area contributed by atoms with E-state index in [0.717, 1.165) is 5.56 Å². The van der Waals surface area contributed by atoms with E-state index in [0.29, 0.717) is 25.4 Å². The molecule has 0 saturated carbocycles. The summed E-state index contributed by atoms with van der Waals surface area (Å²) < 4.78 is 5.20. The lowest BCUT2D eigenvalue weighted by atomic mass is 10.3. The zero-order valence-corrected chi connectivity index (χ0v) is 7.49. The molecule has 1 amide bonds. The second-order valence-corrected chi connectivity index (χ2v) is 2.43. The Morgan fingerprint density at radius 2 is 2.54 bits per heavy atom. The number of nitrogens with zero attached hydrogens (tertiary/aromatic N) is 1. The first-order valence-corrected chi connectivity index (χ1v) is 4.11. The van der Waals surface area contributed by atoms with E-state index in [2.05, 4.69) is 10.3 Å². The van der Waals surface area contributed by atoms with Gasteiger partial charge in [-0.2, -0.15) is 0 Å². The van der Waals surface area contributed by atoms with Gasteiger partial charge in [-0.15, -0.1) is 0 Å². The highest BCUT2D eigenvalue weighted by Crippen LogP contribution is 2.08. The van der Waals surface area contributed by atoms with Crippen molar-refractivity contribution in [1.29, 1.82) is 0 Å². The number of aromatic nitrogens is 1. The van der Waals surface area contributed by atoms with E-state index in [1.165, 1.54) is 0 Å². The molecule has 70 valence electrons. The fourth-order valence-corrected chi connectivity index (χ4v) is 0.947. The minimum atomic E-state index is 0.506. The maximum Gasteiger partial charge on any atom is 0.213 e. The summed E-state index contributed by atoms with van der Waals surface area (Å²) >= 11 is 0. The van der Waals surface area contributed by atoms with Crippen LogP contribution in [0.15, 0.2) is 18.3 Å². The van der Waals surface area contributed by atoms with Gasteiger partial charge in [0.15, 0.2) is 0 Å². The minimum Gasteiger partial charge on any atom is -0.478 e. The zero-order chi connectivity index (χ0) is 9.52. The summed E-state index contributed by atoms with van der Waals surface area (Å²) in [6.07, 6.45) is 2.33. The van der Waals surface area contributed by atoms with Crippen LogP contribution in [-0.2, 0) is 11.3 Å². The summed E-state index contributed by atoms with van der Waals surface area (Å²) in [6.45, 7) is 3.00. The van der Waals surface area contributed by atoms with E-state index in [9.17, 15) is 4.79 Å². The Hall–Kier alpha value is -1.58. The van der Waals surface area contributed by atoms with Gasteiger partial charge in [0.05, 0.1) is 6.61 Å². The van der Waals surface area contributed by atoms with Crippen LogP contribution in [0.5, 0.6) is 5.88 Å². The molecule has 0 spiro atoms. The number of hydrogen-bond acceptors (Lipinski definition) is 3. The Morgan fingerprint density at radius 3 is 3.23 bits per heavy atom. The SMILES string of the molecule is CCOc1cc(CNC=O)ccn1. The lowest BCUT2D eigenvalue weighted by Crippen LogP contribution is -2.09. The highest BCUT2D eigenvalue weighted by molar-refractivity contribution is 5.46. The lowest BCUT2D eigenvalue weighted by molar-refractivity contribution is -0.109. The van der Waals surface area contributed by atoms with Gasteiger partial charge in [0.2, 0.25) is 12.3 Å². The molecular formula is C9H12N2O2. The Kier molecular flexibility index (Phi) is 3.75. The topological polar surface area (TPSA) is 51.2 Å². The summed E-state index contributed by atoms with van der Waals surface area (Å²) in [5, 5.41) is 2.57. The molecule has 13 heavy (non-hydrogen) atoms. The second kappa shape index (κ2) is 5.13. The molecule has 1 aromatic heterocycles. The molecule has 4 heteroatoms. The Bertz CT molecular complexity index is 276. The van der Waals surface area contributed by atoms with Gasteiger partial charge < -0.3 is 10.1 Å². The van der Waals surface area contributed by atoms with Crippen LogP contribution >= 0.6 is 0 Å².